The summed E-state index contributed by atoms with van der Waals surface area (Å²) in [7, 11) is 1.61. The minimum Gasteiger partial charge on any atom is -0.495 e. The van der Waals surface area contributed by atoms with Crippen LogP contribution in [0.4, 0.5) is 5.69 Å². The highest BCUT2D eigenvalue weighted by Crippen LogP contribution is 2.45. The molecule has 168 valence electrons. The lowest BCUT2D eigenvalue weighted by Crippen LogP contribution is -2.20. The van der Waals surface area contributed by atoms with Crippen molar-refractivity contribution in [2.24, 2.45) is 0 Å². The summed E-state index contributed by atoms with van der Waals surface area (Å²) < 4.78 is 7.66. The van der Waals surface area contributed by atoms with Crippen molar-refractivity contribution in [3.05, 3.63) is 77.2 Å². The van der Waals surface area contributed by atoms with Gasteiger partial charge in [-0.3, -0.25) is 9.36 Å². The highest BCUT2D eigenvalue weighted by atomic mass is 32.2. The summed E-state index contributed by atoms with van der Waals surface area (Å²) in [5.74, 6) is 1.38. The molecule has 1 aliphatic rings. The second-order valence-electron chi connectivity index (χ2n) is 7.99. The Labute approximate surface area is 201 Å². The van der Waals surface area contributed by atoms with Crippen LogP contribution in [0.25, 0.3) is 10.7 Å². The molecule has 1 amide bonds. The Bertz CT molecular complexity index is 1250. The van der Waals surface area contributed by atoms with Crippen molar-refractivity contribution in [3.63, 3.8) is 0 Å². The fourth-order valence-electron chi connectivity index (χ4n) is 3.72. The molecule has 4 aromatic rings. The Kier molecular flexibility index (Phi) is 6.20. The first-order valence-electron chi connectivity index (χ1n) is 10.8. The third kappa shape index (κ3) is 4.67. The van der Waals surface area contributed by atoms with Crippen LogP contribution in [0.15, 0.2) is 71.2 Å². The number of ether oxygens (including phenoxy) is 1. The number of amides is 1. The average molecular weight is 477 g/mol. The largest absolute Gasteiger partial charge is 0.495 e. The number of hydrogen-bond acceptors (Lipinski definition) is 6. The van der Waals surface area contributed by atoms with Crippen LogP contribution in [-0.4, -0.2) is 27.8 Å². The predicted molar refractivity (Wildman–Crippen MR) is 133 cm³/mol. The molecule has 0 aliphatic heterocycles. The third-order valence-electron chi connectivity index (χ3n) is 5.49. The van der Waals surface area contributed by atoms with Crippen molar-refractivity contribution < 1.29 is 9.53 Å². The van der Waals surface area contributed by atoms with Gasteiger partial charge in [0.2, 0.25) is 5.91 Å². The van der Waals surface area contributed by atoms with E-state index in [1.807, 2.05) is 66.9 Å². The number of aromatic nitrogens is 3. The van der Waals surface area contributed by atoms with Gasteiger partial charge in [0, 0.05) is 6.04 Å². The van der Waals surface area contributed by atoms with Gasteiger partial charge in [0.05, 0.1) is 17.7 Å². The van der Waals surface area contributed by atoms with E-state index in [0.29, 0.717) is 17.5 Å². The number of rotatable bonds is 8. The van der Waals surface area contributed by atoms with Gasteiger partial charge in [-0.1, -0.05) is 54.2 Å². The molecule has 2 aromatic carbocycles. The van der Waals surface area contributed by atoms with Crippen LogP contribution in [0.3, 0.4) is 0 Å². The first-order chi connectivity index (χ1) is 16.1. The van der Waals surface area contributed by atoms with Crippen molar-refractivity contribution in [1.29, 1.82) is 0 Å². The zero-order valence-electron chi connectivity index (χ0n) is 18.4. The van der Waals surface area contributed by atoms with Crippen molar-refractivity contribution >= 4 is 34.7 Å². The third-order valence-corrected chi connectivity index (χ3v) is 7.57. The van der Waals surface area contributed by atoms with Crippen molar-refractivity contribution in [1.82, 2.24) is 14.8 Å². The molecule has 8 heteroatoms. The molecule has 0 saturated heterocycles. The number of carbonyl (C=O) groups is 1. The summed E-state index contributed by atoms with van der Waals surface area (Å²) in [6.45, 7) is 1.99. The van der Waals surface area contributed by atoms with Crippen LogP contribution in [-0.2, 0) is 4.79 Å². The lowest BCUT2D eigenvalue weighted by atomic mass is 10.1. The van der Waals surface area contributed by atoms with Crippen LogP contribution in [0, 0.1) is 6.92 Å². The van der Waals surface area contributed by atoms with Gasteiger partial charge in [-0.25, -0.2) is 0 Å². The van der Waals surface area contributed by atoms with Crippen molar-refractivity contribution in [2.45, 2.75) is 36.2 Å². The molecular formula is C25H24N4O2S2. The molecule has 0 bridgehead atoms. The Hall–Kier alpha value is -3.10. The van der Waals surface area contributed by atoms with Gasteiger partial charge in [0.1, 0.15) is 11.0 Å². The zero-order chi connectivity index (χ0) is 22.8. The number of nitrogens with one attached hydrogen (secondary N) is 1. The van der Waals surface area contributed by atoms with E-state index < -0.39 is 5.25 Å². The average Bonchev–Trinajstić information content (AvgIpc) is 3.34. The van der Waals surface area contributed by atoms with Crippen LogP contribution in [0.2, 0.25) is 0 Å². The minimum absolute atomic E-state index is 0.127. The van der Waals surface area contributed by atoms with Crippen molar-refractivity contribution in [3.8, 4) is 16.5 Å². The number of carbonyl (C=O) groups excluding carboxylic acids is 1. The Morgan fingerprint density at radius 1 is 1.15 bits per heavy atom. The lowest BCUT2D eigenvalue weighted by Gasteiger charge is -2.18. The van der Waals surface area contributed by atoms with E-state index in [1.54, 1.807) is 18.4 Å². The maximum absolute atomic E-state index is 13.6. The molecule has 1 fully saturated rings. The molecule has 2 heterocycles. The van der Waals surface area contributed by atoms with Crippen LogP contribution in [0.5, 0.6) is 5.75 Å². The fourth-order valence-corrected chi connectivity index (χ4v) is 5.53. The van der Waals surface area contributed by atoms with E-state index in [-0.39, 0.29) is 5.91 Å². The first kappa shape index (κ1) is 21.7. The molecule has 1 N–H and O–H groups in total. The molecule has 5 rings (SSSR count). The highest BCUT2D eigenvalue weighted by Gasteiger charge is 2.33. The summed E-state index contributed by atoms with van der Waals surface area (Å²) in [6.07, 6.45) is 2.21. The number of thioether (sulfide) groups is 1. The molecule has 1 aliphatic carbocycles. The molecule has 0 spiro atoms. The maximum Gasteiger partial charge on any atom is 0.242 e. The van der Waals surface area contributed by atoms with Gasteiger partial charge in [-0.2, -0.15) is 0 Å². The van der Waals surface area contributed by atoms with Gasteiger partial charge in [-0.05, 0) is 54.5 Å². The van der Waals surface area contributed by atoms with E-state index >= 15 is 0 Å². The standard InChI is InChI=1S/C25H24N4O2S2/c1-16-10-13-20(31-2)19(15-16)26-24(30)22(17-7-4-3-5-8-17)33-25-28-27-23(21-9-6-14-32-21)29(25)18-11-12-18/h3-10,13-15,18,22H,11-12H2,1-2H3,(H,26,30). The number of aryl methyl sites for hydroxylation is 1. The van der Waals surface area contributed by atoms with E-state index in [4.69, 9.17) is 4.74 Å². The normalized spacial score (nSPS) is 14.1. The number of methoxy groups -OCH3 is 1. The maximum atomic E-state index is 13.6. The van der Waals surface area contributed by atoms with E-state index in [1.165, 1.54) is 11.8 Å². The van der Waals surface area contributed by atoms with E-state index in [2.05, 4.69) is 26.1 Å². The smallest absolute Gasteiger partial charge is 0.242 e. The van der Waals surface area contributed by atoms with Crippen LogP contribution >= 0.6 is 23.1 Å². The quantitative estimate of drug-likeness (QED) is 0.310. The van der Waals surface area contributed by atoms with Gasteiger partial charge in [0.25, 0.3) is 0 Å². The first-order valence-corrected chi connectivity index (χ1v) is 12.6. The highest BCUT2D eigenvalue weighted by molar-refractivity contribution is 8.00. The molecule has 0 radical (unpaired) electrons. The SMILES string of the molecule is COc1ccc(C)cc1NC(=O)C(Sc1nnc(-c2cccs2)n1C1CC1)c1ccccc1. The number of thiophene rings is 1. The molecule has 1 saturated carbocycles. The van der Waals surface area contributed by atoms with E-state index in [0.717, 1.165) is 39.8 Å². The predicted octanol–water partition coefficient (Wildman–Crippen LogP) is 6.13. The molecular weight excluding hydrogens is 452 g/mol. The summed E-state index contributed by atoms with van der Waals surface area (Å²) in [6, 6.07) is 20.0. The molecule has 1 atom stereocenters. The summed E-state index contributed by atoms with van der Waals surface area (Å²) >= 11 is 3.09. The molecule has 33 heavy (non-hydrogen) atoms. The number of benzene rings is 2. The van der Waals surface area contributed by atoms with E-state index in [9.17, 15) is 4.79 Å². The van der Waals surface area contributed by atoms with Gasteiger partial charge in [-0.15, -0.1) is 21.5 Å². The van der Waals surface area contributed by atoms with Crippen molar-refractivity contribution in [2.75, 3.05) is 12.4 Å². The molecule has 1 unspecified atom stereocenters. The topological polar surface area (TPSA) is 69.0 Å². The zero-order valence-corrected chi connectivity index (χ0v) is 20.0. The summed E-state index contributed by atoms with van der Waals surface area (Å²) in [4.78, 5) is 14.7. The summed E-state index contributed by atoms with van der Waals surface area (Å²) in [5, 5.41) is 14.4. The monoisotopic (exact) mass is 476 g/mol. The number of hydrogen-bond donors (Lipinski definition) is 1. The van der Waals surface area contributed by atoms with Crippen LogP contribution in [0.1, 0.15) is 35.3 Å². The second-order valence-corrected chi connectivity index (χ2v) is 10.0. The van der Waals surface area contributed by atoms with Crippen LogP contribution < -0.4 is 10.1 Å². The lowest BCUT2D eigenvalue weighted by molar-refractivity contribution is -0.115. The Balaban J connectivity index is 1.49. The summed E-state index contributed by atoms with van der Waals surface area (Å²) in [5.41, 5.74) is 2.62. The van der Waals surface area contributed by atoms with Gasteiger partial charge < -0.3 is 10.1 Å². The molecule has 2 aromatic heterocycles. The van der Waals surface area contributed by atoms with Gasteiger partial charge >= 0.3 is 0 Å². The van der Waals surface area contributed by atoms with Gasteiger partial charge in [0.15, 0.2) is 11.0 Å². The Morgan fingerprint density at radius 3 is 2.67 bits per heavy atom. The fraction of sp³-hybridized carbons (Fsp3) is 0.240. The number of nitrogens with zero attached hydrogens (tertiary/aromatic N) is 3. The minimum atomic E-state index is -0.491. The Morgan fingerprint density at radius 2 is 1.97 bits per heavy atom. The number of anilines is 1. The molecule has 6 nitrogen and oxygen atoms in total. The second kappa shape index (κ2) is 9.41.